The lowest BCUT2D eigenvalue weighted by atomic mass is 9.94. The first-order valence-corrected chi connectivity index (χ1v) is 11.7. The minimum absolute atomic E-state index is 0.0385. The average Bonchev–Trinajstić information content (AvgIpc) is 3.06. The summed E-state index contributed by atoms with van der Waals surface area (Å²) in [5, 5.41) is 5.88. The molecule has 1 saturated heterocycles. The Morgan fingerprint density at radius 2 is 1.88 bits per heavy atom. The van der Waals surface area contributed by atoms with Gasteiger partial charge in [-0.3, -0.25) is 9.80 Å². The number of benzene rings is 1. The molecule has 0 unspecified atom stereocenters. The third-order valence-electron chi connectivity index (χ3n) is 5.98. The van der Waals surface area contributed by atoms with E-state index in [4.69, 9.17) is 4.74 Å². The van der Waals surface area contributed by atoms with Crippen molar-refractivity contribution in [3.8, 4) is 0 Å². The van der Waals surface area contributed by atoms with E-state index in [1.165, 1.54) is 4.90 Å². The Hall–Kier alpha value is -3.07. The van der Waals surface area contributed by atoms with Crippen LogP contribution in [-0.4, -0.2) is 85.7 Å². The second kappa shape index (κ2) is 11.7. The van der Waals surface area contributed by atoms with Crippen molar-refractivity contribution in [3.63, 3.8) is 0 Å². The maximum Gasteiger partial charge on any atom is 0.338 e. The lowest BCUT2D eigenvalue weighted by Crippen LogP contribution is -2.49. The highest BCUT2D eigenvalue weighted by molar-refractivity contribution is 5.95. The highest BCUT2D eigenvalue weighted by atomic mass is 16.5. The van der Waals surface area contributed by atoms with Gasteiger partial charge in [0.15, 0.2) is 0 Å². The minimum Gasteiger partial charge on any atom is -0.463 e. The van der Waals surface area contributed by atoms with Crippen molar-refractivity contribution in [1.29, 1.82) is 0 Å². The van der Waals surface area contributed by atoms with Crippen molar-refractivity contribution in [3.05, 3.63) is 47.2 Å². The molecule has 0 aromatic heterocycles. The number of amides is 4. The number of hydrogen-bond acceptors (Lipinski definition) is 5. The molecule has 1 atom stereocenters. The molecule has 0 bridgehead atoms. The van der Waals surface area contributed by atoms with E-state index in [9.17, 15) is 14.4 Å². The number of urea groups is 2. The van der Waals surface area contributed by atoms with Gasteiger partial charge < -0.3 is 20.3 Å². The number of rotatable bonds is 7. The molecule has 180 valence electrons. The van der Waals surface area contributed by atoms with E-state index >= 15 is 0 Å². The Labute approximate surface area is 195 Å². The number of likely N-dealkylation sites (N-methyl/N-ethyl adjacent to an activating group) is 1. The Bertz CT molecular complexity index is 873. The van der Waals surface area contributed by atoms with Gasteiger partial charge in [0, 0.05) is 52.0 Å². The molecule has 2 aliphatic heterocycles. The standard InChI is InChI=1S/C24H35N5O4/c1-4-12-25-23(31)29-14-9-13-28(15-16-29)17-19-20(22(30)33-5-2)21(26-24(32)27(19)3)18-10-7-6-8-11-18/h6-8,10-11,21H,4-5,9,12-17H2,1-3H3,(H,25,31)(H,26,32)/t21-/m1/s1. The lowest BCUT2D eigenvalue weighted by Gasteiger charge is -2.36. The van der Waals surface area contributed by atoms with E-state index in [-0.39, 0.29) is 18.7 Å². The molecule has 1 fully saturated rings. The van der Waals surface area contributed by atoms with Crippen molar-refractivity contribution in [1.82, 2.24) is 25.3 Å². The summed E-state index contributed by atoms with van der Waals surface area (Å²) in [6.07, 6.45) is 1.72. The molecule has 2 heterocycles. The quantitative estimate of drug-likeness (QED) is 0.613. The van der Waals surface area contributed by atoms with Crippen molar-refractivity contribution >= 4 is 18.0 Å². The largest absolute Gasteiger partial charge is 0.463 e. The van der Waals surface area contributed by atoms with Gasteiger partial charge in [-0.25, -0.2) is 14.4 Å². The van der Waals surface area contributed by atoms with Crippen LogP contribution in [0.2, 0.25) is 0 Å². The summed E-state index contributed by atoms with van der Waals surface area (Å²) in [6, 6.07) is 8.58. The molecule has 0 radical (unpaired) electrons. The van der Waals surface area contributed by atoms with Gasteiger partial charge in [-0.1, -0.05) is 37.3 Å². The summed E-state index contributed by atoms with van der Waals surface area (Å²) < 4.78 is 5.39. The maximum atomic E-state index is 13.1. The van der Waals surface area contributed by atoms with Crippen LogP contribution in [0.4, 0.5) is 9.59 Å². The van der Waals surface area contributed by atoms with Crippen molar-refractivity contribution in [2.24, 2.45) is 0 Å². The molecule has 4 amide bonds. The summed E-state index contributed by atoms with van der Waals surface area (Å²) >= 11 is 0. The average molecular weight is 458 g/mol. The molecule has 3 rings (SSSR count). The fourth-order valence-corrected chi connectivity index (χ4v) is 4.18. The van der Waals surface area contributed by atoms with Gasteiger partial charge in [0.05, 0.1) is 18.2 Å². The van der Waals surface area contributed by atoms with Gasteiger partial charge >= 0.3 is 18.0 Å². The van der Waals surface area contributed by atoms with Crippen LogP contribution < -0.4 is 10.6 Å². The van der Waals surface area contributed by atoms with Crippen LogP contribution in [-0.2, 0) is 9.53 Å². The van der Waals surface area contributed by atoms with Gasteiger partial charge in [-0.05, 0) is 25.3 Å². The van der Waals surface area contributed by atoms with E-state index in [0.717, 1.165) is 24.9 Å². The summed E-state index contributed by atoms with van der Waals surface area (Å²) in [5.41, 5.74) is 1.91. The third kappa shape index (κ3) is 6.04. The maximum absolute atomic E-state index is 13.1. The molecule has 9 nitrogen and oxygen atoms in total. The molecule has 1 aromatic carbocycles. The van der Waals surface area contributed by atoms with Crippen molar-refractivity contribution in [2.75, 3.05) is 52.9 Å². The Morgan fingerprint density at radius 1 is 1.12 bits per heavy atom. The topological polar surface area (TPSA) is 94.2 Å². The Morgan fingerprint density at radius 3 is 2.58 bits per heavy atom. The summed E-state index contributed by atoms with van der Waals surface area (Å²) in [7, 11) is 1.67. The fraction of sp³-hybridized carbons (Fsp3) is 0.542. The summed E-state index contributed by atoms with van der Waals surface area (Å²) in [5.74, 6) is -0.427. The smallest absolute Gasteiger partial charge is 0.338 e. The lowest BCUT2D eigenvalue weighted by molar-refractivity contribution is -0.139. The van der Waals surface area contributed by atoms with Crippen LogP contribution >= 0.6 is 0 Å². The van der Waals surface area contributed by atoms with Gasteiger partial charge in [-0.2, -0.15) is 0 Å². The Balaban J connectivity index is 1.85. The van der Waals surface area contributed by atoms with Crippen LogP contribution in [0.25, 0.3) is 0 Å². The van der Waals surface area contributed by atoms with Gasteiger partial charge in [0.2, 0.25) is 0 Å². The van der Waals surface area contributed by atoms with Crippen molar-refractivity contribution < 1.29 is 19.1 Å². The second-order valence-electron chi connectivity index (χ2n) is 8.28. The summed E-state index contributed by atoms with van der Waals surface area (Å²) in [4.78, 5) is 43.8. The number of nitrogens with zero attached hydrogens (tertiary/aromatic N) is 3. The molecule has 9 heteroatoms. The van der Waals surface area contributed by atoms with E-state index in [2.05, 4.69) is 15.5 Å². The highest BCUT2D eigenvalue weighted by Crippen LogP contribution is 2.31. The first-order valence-electron chi connectivity index (χ1n) is 11.7. The molecule has 1 aromatic rings. The molecule has 2 N–H and O–H groups in total. The first-order chi connectivity index (χ1) is 16.0. The number of esters is 1. The van der Waals surface area contributed by atoms with Gasteiger partial charge in [0.1, 0.15) is 0 Å². The van der Waals surface area contributed by atoms with Crippen LogP contribution in [0.1, 0.15) is 38.3 Å². The van der Waals surface area contributed by atoms with Crippen molar-refractivity contribution in [2.45, 2.75) is 32.7 Å². The Kier molecular flexibility index (Phi) is 8.71. The predicted octanol–water partition coefficient (Wildman–Crippen LogP) is 2.33. The number of ether oxygens (including phenoxy) is 1. The number of carbonyl (C=O) groups is 3. The summed E-state index contributed by atoms with van der Waals surface area (Å²) in [6.45, 7) is 7.83. The zero-order valence-electron chi connectivity index (χ0n) is 19.8. The first kappa shape index (κ1) is 24.6. The predicted molar refractivity (Wildman–Crippen MR) is 125 cm³/mol. The molecule has 0 saturated carbocycles. The molecule has 0 spiro atoms. The van der Waals surface area contributed by atoms with Crippen LogP contribution in [0, 0.1) is 0 Å². The van der Waals surface area contributed by atoms with E-state index < -0.39 is 12.0 Å². The molecular weight excluding hydrogens is 422 g/mol. The minimum atomic E-state index is -0.577. The number of nitrogens with one attached hydrogen (secondary N) is 2. The number of hydrogen-bond donors (Lipinski definition) is 2. The highest BCUT2D eigenvalue weighted by Gasteiger charge is 2.37. The van der Waals surface area contributed by atoms with E-state index in [0.29, 0.717) is 44.0 Å². The SMILES string of the molecule is CCCNC(=O)N1CCCN(CC2=C(C(=O)OCC)[C@@H](c3ccccc3)NC(=O)N2C)CC1. The number of carbonyl (C=O) groups excluding carboxylic acids is 3. The van der Waals surface area contributed by atoms with Gasteiger partial charge in [0.25, 0.3) is 0 Å². The molecular formula is C24H35N5O4. The monoisotopic (exact) mass is 457 g/mol. The normalized spacial score (nSPS) is 19.7. The second-order valence-corrected chi connectivity index (χ2v) is 8.28. The molecule has 33 heavy (non-hydrogen) atoms. The zero-order valence-corrected chi connectivity index (χ0v) is 19.8. The molecule has 0 aliphatic carbocycles. The zero-order chi connectivity index (χ0) is 23.8. The third-order valence-corrected chi connectivity index (χ3v) is 5.98. The van der Waals surface area contributed by atoms with E-state index in [1.807, 2.05) is 42.2 Å². The fourth-order valence-electron chi connectivity index (χ4n) is 4.18. The van der Waals surface area contributed by atoms with Crippen LogP contribution in [0.15, 0.2) is 41.6 Å². The molecule has 2 aliphatic rings. The van der Waals surface area contributed by atoms with Crippen LogP contribution in [0.5, 0.6) is 0 Å². The van der Waals surface area contributed by atoms with Gasteiger partial charge in [-0.15, -0.1) is 0 Å². The van der Waals surface area contributed by atoms with E-state index in [1.54, 1.807) is 14.0 Å². The van der Waals surface area contributed by atoms with Crippen LogP contribution in [0.3, 0.4) is 0 Å².